The van der Waals surface area contributed by atoms with Crippen LogP contribution in [0.3, 0.4) is 0 Å². The number of hydrogen-bond donors (Lipinski definition) is 2. The highest BCUT2D eigenvalue weighted by atomic mass is 19.4. The van der Waals surface area contributed by atoms with Crippen LogP contribution in [0.2, 0.25) is 0 Å². The predicted octanol–water partition coefficient (Wildman–Crippen LogP) is 5.94. The lowest BCUT2D eigenvalue weighted by atomic mass is 10.0. The van der Waals surface area contributed by atoms with E-state index in [1.54, 1.807) is 30.3 Å². The van der Waals surface area contributed by atoms with Gasteiger partial charge in [0.05, 0.1) is 17.6 Å². The van der Waals surface area contributed by atoms with Crippen molar-refractivity contribution in [3.63, 3.8) is 0 Å². The highest BCUT2D eigenvalue weighted by Crippen LogP contribution is 2.34. The molecule has 0 spiro atoms. The highest BCUT2D eigenvalue weighted by Gasteiger charge is 2.38. The van der Waals surface area contributed by atoms with Crippen molar-refractivity contribution in [3.05, 3.63) is 102 Å². The quantitative estimate of drug-likeness (QED) is 0.348. The summed E-state index contributed by atoms with van der Waals surface area (Å²) < 4.78 is 42.2. The zero-order valence-corrected chi connectivity index (χ0v) is 17.7. The first-order valence-corrected chi connectivity index (χ1v) is 10.4. The van der Waals surface area contributed by atoms with E-state index in [9.17, 15) is 23.1 Å². The Bertz CT molecular complexity index is 1520. The van der Waals surface area contributed by atoms with E-state index in [0.717, 1.165) is 15.3 Å². The molecule has 0 bridgehead atoms. The number of nitrogens with zero attached hydrogens (tertiary/aromatic N) is 2. The van der Waals surface area contributed by atoms with Gasteiger partial charge in [-0.05, 0) is 58.8 Å². The topological polar surface area (TPSA) is 67.2 Å². The number of imidazole rings is 1. The normalized spacial score (nSPS) is 11.8. The Labute approximate surface area is 192 Å². The number of fused-ring (bicyclic) bond motifs is 2. The van der Waals surface area contributed by atoms with Crippen molar-refractivity contribution in [2.75, 3.05) is 5.32 Å². The molecule has 1 aromatic heterocycles. The van der Waals surface area contributed by atoms with Crippen LogP contribution in [-0.2, 0) is 12.8 Å². The van der Waals surface area contributed by atoms with E-state index in [2.05, 4.69) is 10.3 Å². The minimum atomic E-state index is -4.68. The third-order valence-electron chi connectivity index (χ3n) is 5.57. The van der Waals surface area contributed by atoms with Gasteiger partial charge in [-0.3, -0.25) is 9.36 Å². The van der Waals surface area contributed by atoms with Gasteiger partial charge in [0.2, 0.25) is 5.82 Å². The zero-order valence-electron chi connectivity index (χ0n) is 17.7. The molecule has 0 atom stereocenters. The van der Waals surface area contributed by atoms with Gasteiger partial charge in [0, 0.05) is 16.9 Å². The summed E-state index contributed by atoms with van der Waals surface area (Å²) in [7, 11) is 0. The van der Waals surface area contributed by atoms with Crippen molar-refractivity contribution >= 4 is 33.4 Å². The summed E-state index contributed by atoms with van der Waals surface area (Å²) in [4.78, 5) is 16.6. The third-order valence-corrected chi connectivity index (χ3v) is 5.57. The van der Waals surface area contributed by atoms with Crippen LogP contribution in [0.15, 0.2) is 84.9 Å². The van der Waals surface area contributed by atoms with E-state index in [1.807, 2.05) is 30.3 Å². The summed E-state index contributed by atoms with van der Waals surface area (Å²) in [6, 6.07) is 23.5. The number of benzene rings is 4. The average Bonchev–Trinajstić information content (AvgIpc) is 3.23. The molecule has 1 heterocycles. The molecule has 5 aromatic rings. The Balaban J connectivity index is 1.49. The molecule has 170 valence electrons. The maximum absolute atomic E-state index is 13.7. The van der Waals surface area contributed by atoms with E-state index in [-0.39, 0.29) is 29.2 Å². The van der Waals surface area contributed by atoms with Gasteiger partial charge >= 0.3 is 6.18 Å². The van der Waals surface area contributed by atoms with Crippen LogP contribution in [0.5, 0.6) is 0 Å². The van der Waals surface area contributed by atoms with Gasteiger partial charge in [0.25, 0.3) is 5.91 Å². The number of hydrogen-bond acceptors (Lipinski definition) is 3. The Hall–Kier alpha value is -4.17. The van der Waals surface area contributed by atoms with Gasteiger partial charge in [0.15, 0.2) is 0 Å². The molecular weight excluding hydrogens is 443 g/mol. The van der Waals surface area contributed by atoms with Gasteiger partial charge in [-0.15, -0.1) is 0 Å². The molecular formula is C26H18F3N3O2. The molecule has 1 amide bonds. The van der Waals surface area contributed by atoms with Crippen LogP contribution in [0, 0.1) is 0 Å². The maximum Gasteiger partial charge on any atom is 0.450 e. The van der Waals surface area contributed by atoms with Crippen LogP contribution in [-0.4, -0.2) is 20.6 Å². The third kappa shape index (κ3) is 3.88. The molecule has 5 nitrogen and oxygen atoms in total. The molecule has 0 saturated heterocycles. The molecule has 4 aromatic carbocycles. The number of halogens is 3. The van der Waals surface area contributed by atoms with Gasteiger partial charge in [0.1, 0.15) is 0 Å². The van der Waals surface area contributed by atoms with Crippen LogP contribution in [0.1, 0.15) is 21.7 Å². The van der Waals surface area contributed by atoms with Crippen molar-refractivity contribution in [2.45, 2.75) is 12.8 Å². The molecule has 5 rings (SSSR count). The molecule has 0 fully saturated rings. The lowest BCUT2D eigenvalue weighted by molar-refractivity contribution is -0.145. The monoisotopic (exact) mass is 461 g/mol. The molecule has 2 N–H and O–H groups in total. The summed E-state index contributed by atoms with van der Waals surface area (Å²) in [5, 5.41) is 13.8. The molecule has 0 saturated carbocycles. The second-order valence-electron chi connectivity index (χ2n) is 7.78. The molecule has 0 aliphatic heterocycles. The Morgan fingerprint density at radius 1 is 0.941 bits per heavy atom. The minimum absolute atomic E-state index is 0.132. The maximum atomic E-state index is 13.7. The van der Waals surface area contributed by atoms with Crippen molar-refractivity contribution in [3.8, 4) is 5.69 Å². The molecule has 0 aliphatic rings. The number of carbonyl (C=O) groups is 1. The van der Waals surface area contributed by atoms with E-state index in [1.165, 1.54) is 24.3 Å². The Kier molecular flexibility index (Phi) is 5.30. The number of aromatic nitrogens is 2. The first kappa shape index (κ1) is 21.7. The van der Waals surface area contributed by atoms with E-state index < -0.39 is 12.0 Å². The van der Waals surface area contributed by atoms with Crippen molar-refractivity contribution in [1.82, 2.24) is 9.55 Å². The standard InChI is InChI=1S/C26H18F3N3O2/c27-26(28,29)25-31-22-14-16(15-33)8-13-23(22)32(25)19-11-9-18(10-12-19)30-24(34)21-7-3-5-17-4-1-2-6-20(17)21/h1-14,33H,15H2,(H,30,34). The van der Waals surface area contributed by atoms with Crippen LogP contribution >= 0.6 is 0 Å². The van der Waals surface area contributed by atoms with Crippen molar-refractivity contribution < 1.29 is 23.1 Å². The summed E-state index contributed by atoms with van der Waals surface area (Å²) in [6.07, 6.45) is -4.68. The lowest BCUT2D eigenvalue weighted by Gasteiger charge is -2.13. The minimum Gasteiger partial charge on any atom is -0.392 e. The largest absolute Gasteiger partial charge is 0.450 e. The van der Waals surface area contributed by atoms with Gasteiger partial charge < -0.3 is 10.4 Å². The van der Waals surface area contributed by atoms with Gasteiger partial charge in [-0.1, -0.05) is 42.5 Å². The first-order valence-electron chi connectivity index (χ1n) is 10.4. The van der Waals surface area contributed by atoms with E-state index in [0.29, 0.717) is 16.8 Å². The number of amides is 1. The smallest absolute Gasteiger partial charge is 0.392 e. The lowest BCUT2D eigenvalue weighted by Crippen LogP contribution is -2.14. The number of nitrogens with one attached hydrogen (secondary N) is 1. The average molecular weight is 461 g/mol. The number of rotatable bonds is 4. The number of anilines is 1. The second kappa shape index (κ2) is 8.31. The Morgan fingerprint density at radius 3 is 2.41 bits per heavy atom. The molecule has 0 radical (unpaired) electrons. The molecule has 34 heavy (non-hydrogen) atoms. The fourth-order valence-corrected chi connectivity index (χ4v) is 3.99. The molecule has 0 unspecified atom stereocenters. The number of aliphatic hydroxyl groups excluding tert-OH is 1. The Morgan fingerprint density at radius 2 is 1.68 bits per heavy atom. The SMILES string of the molecule is O=C(Nc1ccc(-n2c(C(F)(F)F)nc3cc(CO)ccc32)cc1)c1cccc2ccccc12. The molecule has 8 heteroatoms. The van der Waals surface area contributed by atoms with Crippen molar-refractivity contribution in [1.29, 1.82) is 0 Å². The van der Waals surface area contributed by atoms with Crippen LogP contribution < -0.4 is 5.32 Å². The fraction of sp³-hybridized carbons (Fsp3) is 0.0769. The van der Waals surface area contributed by atoms with E-state index in [4.69, 9.17) is 0 Å². The second-order valence-corrected chi connectivity index (χ2v) is 7.78. The number of alkyl halides is 3. The highest BCUT2D eigenvalue weighted by molar-refractivity contribution is 6.12. The van der Waals surface area contributed by atoms with Crippen molar-refractivity contribution in [2.24, 2.45) is 0 Å². The number of aliphatic hydroxyl groups is 1. The summed E-state index contributed by atoms with van der Waals surface area (Å²) in [5.41, 5.74) is 2.06. The fourth-order valence-electron chi connectivity index (χ4n) is 3.99. The van der Waals surface area contributed by atoms with Crippen LogP contribution in [0.4, 0.5) is 18.9 Å². The molecule has 0 aliphatic carbocycles. The first-order chi connectivity index (χ1) is 16.3. The summed E-state index contributed by atoms with van der Waals surface area (Å²) in [5.74, 6) is -1.38. The number of carbonyl (C=O) groups excluding carboxylic acids is 1. The summed E-state index contributed by atoms with van der Waals surface area (Å²) in [6.45, 7) is -0.296. The van der Waals surface area contributed by atoms with Crippen LogP contribution in [0.25, 0.3) is 27.5 Å². The predicted molar refractivity (Wildman–Crippen MR) is 124 cm³/mol. The zero-order chi connectivity index (χ0) is 23.9. The van der Waals surface area contributed by atoms with Gasteiger partial charge in [-0.25, -0.2) is 4.98 Å². The van der Waals surface area contributed by atoms with Gasteiger partial charge in [-0.2, -0.15) is 13.2 Å². The van der Waals surface area contributed by atoms with E-state index >= 15 is 0 Å². The summed E-state index contributed by atoms with van der Waals surface area (Å²) >= 11 is 0.